The van der Waals surface area contributed by atoms with Crippen LogP contribution in [0.25, 0.3) is 0 Å². The smallest absolute Gasteiger partial charge is 0.239 e. The molecule has 0 aromatic heterocycles. The molecular weight excluding hydrogens is 334 g/mol. The van der Waals surface area contributed by atoms with E-state index in [1.54, 1.807) is 0 Å². The zero-order valence-corrected chi connectivity index (χ0v) is 14.0. The minimum atomic E-state index is -0.271. The van der Waals surface area contributed by atoms with Gasteiger partial charge in [0.1, 0.15) is 6.04 Å². The molecule has 0 bridgehead atoms. The molecule has 1 aromatic rings. The number of rotatable bonds is 4. The number of nitrogens with zero attached hydrogens (tertiary/aromatic N) is 1. The molecule has 1 atom stereocenters. The molecule has 3 N–H and O–H groups in total. The first-order valence-electron chi connectivity index (χ1n) is 7.14. The van der Waals surface area contributed by atoms with Crippen molar-refractivity contribution >= 4 is 27.5 Å². The highest BCUT2D eigenvalue weighted by Crippen LogP contribution is 2.25. The lowest BCUT2D eigenvalue weighted by molar-refractivity contribution is -0.133. The molecule has 0 saturated carbocycles. The second-order valence-electron chi connectivity index (χ2n) is 5.53. The number of hydrogen-bond acceptors (Lipinski definition) is 4. The molecule has 2 rings (SSSR count). The van der Waals surface area contributed by atoms with Crippen molar-refractivity contribution in [3.05, 3.63) is 28.2 Å². The third-order valence-corrected chi connectivity index (χ3v) is 4.23. The number of hydrogen-bond donors (Lipinski definition) is 2. The van der Waals surface area contributed by atoms with Gasteiger partial charge in [-0.15, -0.1) is 0 Å². The fourth-order valence-corrected chi connectivity index (χ4v) is 2.90. The summed E-state index contributed by atoms with van der Waals surface area (Å²) in [7, 11) is 0. The first-order valence-corrected chi connectivity index (χ1v) is 7.93. The first kappa shape index (κ1) is 16.3. The van der Waals surface area contributed by atoms with Crippen molar-refractivity contribution in [2.45, 2.75) is 32.5 Å². The van der Waals surface area contributed by atoms with Gasteiger partial charge in [0.15, 0.2) is 0 Å². The molecule has 5 nitrogen and oxygen atoms in total. The molecule has 21 heavy (non-hydrogen) atoms. The molecule has 6 heteroatoms. The van der Waals surface area contributed by atoms with Crippen LogP contribution < -0.4 is 11.1 Å². The van der Waals surface area contributed by atoms with Crippen LogP contribution in [-0.2, 0) is 16.1 Å². The van der Waals surface area contributed by atoms with E-state index < -0.39 is 0 Å². The number of nitrogens with two attached hydrogens (primary N) is 1. The van der Waals surface area contributed by atoms with E-state index >= 15 is 0 Å². The highest BCUT2D eigenvalue weighted by atomic mass is 79.9. The first-order chi connectivity index (χ1) is 9.99. The molecule has 0 spiro atoms. The summed E-state index contributed by atoms with van der Waals surface area (Å²) in [6, 6.07) is 5.60. The van der Waals surface area contributed by atoms with Gasteiger partial charge in [-0.25, -0.2) is 0 Å². The monoisotopic (exact) mass is 355 g/mol. The largest absolute Gasteiger partial charge is 0.398 e. The van der Waals surface area contributed by atoms with Crippen LogP contribution in [0, 0.1) is 0 Å². The van der Waals surface area contributed by atoms with Gasteiger partial charge in [-0.3, -0.25) is 9.69 Å². The van der Waals surface area contributed by atoms with Crippen molar-refractivity contribution in [1.82, 2.24) is 10.2 Å². The van der Waals surface area contributed by atoms with E-state index in [0.717, 1.165) is 22.3 Å². The van der Waals surface area contributed by atoms with Gasteiger partial charge in [-0.2, -0.15) is 0 Å². The number of nitrogens with one attached hydrogen (secondary N) is 1. The maximum absolute atomic E-state index is 12.3. The summed E-state index contributed by atoms with van der Waals surface area (Å²) in [6.07, 6.45) is 0. The predicted octanol–water partition coefficient (Wildman–Crippen LogP) is 1.76. The van der Waals surface area contributed by atoms with Crippen LogP contribution in [-0.4, -0.2) is 42.6 Å². The lowest BCUT2D eigenvalue weighted by atomic mass is 10.1. The molecule has 1 aliphatic rings. The summed E-state index contributed by atoms with van der Waals surface area (Å²) in [4.78, 5) is 14.4. The predicted molar refractivity (Wildman–Crippen MR) is 86.9 cm³/mol. The summed E-state index contributed by atoms with van der Waals surface area (Å²) >= 11 is 3.53. The van der Waals surface area contributed by atoms with E-state index in [9.17, 15) is 4.79 Å². The van der Waals surface area contributed by atoms with Crippen LogP contribution in [0.2, 0.25) is 0 Å². The van der Waals surface area contributed by atoms with Crippen molar-refractivity contribution in [3.63, 3.8) is 0 Å². The zero-order chi connectivity index (χ0) is 15.4. The number of halogens is 1. The average molecular weight is 356 g/mol. The molecule has 0 aliphatic carbocycles. The Labute approximate surface area is 134 Å². The van der Waals surface area contributed by atoms with Gasteiger partial charge in [0, 0.05) is 34.9 Å². The van der Waals surface area contributed by atoms with Crippen molar-refractivity contribution in [2.24, 2.45) is 0 Å². The number of nitrogen functional groups attached to an aromatic ring is 1. The van der Waals surface area contributed by atoms with E-state index in [4.69, 9.17) is 10.5 Å². The van der Waals surface area contributed by atoms with Gasteiger partial charge < -0.3 is 15.8 Å². The van der Waals surface area contributed by atoms with E-state index in [-0.39, 0.29) is 18.0 Å². The normalized spacial score (nSPS) is 19.7. The minimum absolute atomic E-state index is 0.00956. The minimum Gasteiger partial charge on any atom is -0.398 e. The zero-order valence-electron chi connectivity index (χ0n) is 12.4. The molecule has 1 saturated heterocycles. The second-order valence-corrected chi connectivity index (χ2v) is 6.39. The summed E-state index contributed by atoms with van der Waals surface area (Å²) in [5.74, 6) is 0.00956. The summed E-state index contributed by atoms with van der Waals surface area (Å²) in [5, 5.41) is 2.95. The molecule has 0 radical (unpaired) electrons. The summed E-state index contributed by atoms with van der Waals surface area (Å²) < 4.78 is 6.44. The number of ether oxygens (including phenoxy) is 1. The Bertz CT molecular complexity index is 487. The Balaban J connectivity index is 2.14. The average Bonchev–Trinajstić information content (AvgIpc) is 2.43. The van der Waals surface area contributed by atoms with Crippen LogP contribution in [0.5, 0.6) is 0 Å². The van der Waals surface area contributed by atoms with Crippen LogP contribution >= 0.6 is 15.9 Å². The van der Waals surface area contributed by atoms with E-state index in [0.29, 0.717) is 19.8 Å². The maximum Gasteiger partial charge on any atom is 0.239 e. The van der Waals surface area contributed by atoms with E-state index in [1.807, 2.05) is 32.0 Å². The number of anilines is 1. The number of amides is 1. The Morgan fingerprint density at radius 2 is 2.33 bits per heavy atom. The third-order valence-electron chi connectivity index (χ3n) is 3.49. The van der Waals surface area contributed by atoms with Gasteiger partial charge in [-0.1, -0.05) is 22.0 Å². The number of carbonyl (C=O) groups is 1. The highest BCUT2D eigenvalue weighted by molar-refractivity contribution is 9.10. The van der Waals surface area contributed by atoms with Crippen molar-refractivity contribution < 1.29 is 9.53 Å². The molecule has 1 aromatic carbocycles. The van der Waals surface area contributed by atoms with Gasteiger partial charge in [-0.05, 0) is 26.0 Å². The van der Waals surface area contributed by atoms with Gasteiger partial charge in [0.25, 0.3) is 0 Å². The second kappa shape index (κ2) is 7.24. The maximum atomic E-state index is 12.3. The fraction of sp³-hybridized carbons (Fsp3) is 0.533. The van der Waals surface area contributed by atoms with Gasteiger partial charge >= 0.3 is 0 Å². The number of morpholine rings is 1. The molecule has 116 valence electrons. The van der Waals surface area contributed by atoms with Crippen LogP contribution in [0.3, 0.4) is 0 Å². The Kier molecular flexibility index (Phi) is 5.61. The van der Waals surface area contributed by atoms with Crippen molar-refractivity contribution in [2.75, 3.05) is 25.5 Å². The molecule has 1 amide bonds. The van der Waals surface area contributed by atoms with E-state index in [1.165, 1.54) is 0 Å². The topological polar surface area (TPSA) is 67.6 Å². The van der Waals surface area contributed by atoms with Gasteiger partial charge in [0.2, 0.25) is 5.91 Å². The molecule has 1 aliphatic heterocycles. The Morgan fingerprint density at radius 1 is 1.57 bits per heavy atom. The molecular formula is C15H22BrN3O2. The fourth-order valence-electron chi connectivity index (χ4n) is 2.39. The van der Waals surface area contributed by atoms with Crippen LogP contribution in [0.1, 0.15) is 19.4 Å². The lowest BCUT2D eigenvalue weighted by Gasteiger charge is -2.35. The molecule has 1 fully saturated rings. The highest BCUT2D eigenvalue weighted by Gasteiger charge is 2.30. The standard InChI is InChI=1S/C15H22BrN3O2/c1-10(2)18-15(20)14-9-21-7-6-19(14)8-11-12(16)4-3-5-13(11)17/h3-5,10,14H,6-9,17H2,1-2H3,(H,18,20). The Morgan fingerprint density at radius 3 is 3.00 bits per heavy atom. The number of carbonyl (C=O) groups excluding carboxylic acids is 1. The number of benzene rings is 1. The SMILES string of the molecule is CC(C)NC(=O)C1COCCN1Cc1c(N)cccc1Br. The van der Waals surface area contributed by atoms with Crippen molar-refractivity contribution in [3.8, 4) is 0 Å². The third kappa shape index (κ3) is 4.18. The van der Waals surface area contributed by atoms with E-state index in [2.05, 4.69) is 26.1 Å². The summed E-state index contributed by atoms with van der Waals surface area (Å²) in [5.41, 5.74) is 7.80. The molecule has 1 heterocycles. The van der Waals surface area contributed by atoms with Crippen molar-refractivity contribution in [1.29, 1.82) is 0 Å². The Hall–Kier alpha value is -1.11. The van der Waals surface area contributed by atoms with Gasteiger partial charge in [0.05, 0.1) is 13.2 Å². The van der Waals surface area contributed by atoms with Crippen LogP contribution in [0.4, 0.5) is 5.69 Å². The molecule has 1 unspecified atom stereocenters. The summed E-state index contributed by atoms with van der Waals surface area (Å²) in [6.45, 7) is 6.32. The quantitative estimate of drug-likeness (QED) is 0.807. The lowest BCUT2D eigenvalue weighted by Crippen LogP contribution is -2.54. The van der Waals surface area contributed by atoms with Crippen LogP contribution in [0.15, 0.2) is 22.7 Å².